The third-order valence-corrected chi connectivity index (χ3v) is 2.64. The van der Waals surface area contributed by atoms with E-state index in [2.05, 4.69) is 0 Å². The molecule has 0 aliphatic carbocycles. The fourth-order valence-electron chi connectivity index (χ4n) is 1.21. The molecule has 1 aromatic carbocycles. The summed E-state index contributed by atoms with van der Waals surface area (Å²) in [5.41, 5.74) is 7.45. The van der Waals surface area contributed by atoms with Gasteiger partial charge in [-0.3, -0.25) is 4.79 Å². The van der Waals surface area contributed by atoms with Gasteiger partial charge >= 0.3 is 0 Å². The number of carbonyl (C=O) groups is 1. The zero-order chi connectivity index (χ0) is 9.84. The predicted molar refractivity (Wildman–Crippen MR) is 57.0 cm³/mol. The van der Waals surface area contributed by atoms with Crippen molar-refractivity contribution >= 4 is 23.2 Å². The molecule has 0 amide bonds. The van der Waals surface area contributed by atoms with Crippen molar-refractivity contribution in [2.75, 3.05) is 12.0 Å². The van der Waals surface area contributed by atoms with Crippen LogP contribution in [0.4, 0.5) is 5.69 Å². The lowest BCUT2D eigenvalue weighted by Crippen LogP contribution is -2.02. The highest BCUT2D eigenvalue weighted by molar-refractivity contribution is 7.98. The van der Waals surface area contributed by atoms with E-state index in [1.54, 1.807) is 18.7 Å². The van der Waals surface area contributed by atoms with E-state index in [1.807, 2.05) is 24.5 Å². The Labute approximate surface area is 82.5 Å². The zero-order valence-corrected chi connectivity index (χ0v) is 8.65. The van der Waals surface area contributed by atoms with E-state index >= 15 is 0 Å². The number of Topliss-reactive ketones (excluding diaryl/α,β-unsaturated/α-hetero) is 1. The standard InChI is InChI=1S/C10H13NOS/c1-7(12)6-8-9(11)4-3-5-10(8)13-2/h3-5H,6,11H2,1-2H3. The minimum Gasteiger partial charge on any atom is -0.398 e. The number of thioether (sulfide) groups is 1. The molecule has 0 saturated carbocycles. The van der Waals surface area contributed by atoms with Crippen LogP contribution in [-0.2, 0) is 11.2 Å². The normalized spacial score (nSPS) is 10.0. The lowest BCUT2D eigenvalue weighted by atomic mass is 10.1. The van der Waals surface area contributed by atoms with Gasteiger partial charge in [-0.2, -0.15) is 0 Å². The number of ketones is 1. The minimum atomic E-state index is 0.146. The van der Waals surface area contributed by atoms with Crippen molar-refractivity contribution in [3.8, 4) is 0 Å². The van der Waals surface area contributed by atoms with E-state index < -0.39 is 0 Å². The monoisotopic (exact) mass is 195 g/mol. The van der Waals surface area contributed by atoms with Gasteiger partial charge in [0.25, 0.3) is 0 Å². The Morgan fingerprint density at radius 1 is 1.54 bits per heavy atom. The summed E-state index contributed by atoms with van der Waals surface area (Å²) in [7, 11) is 0. The van der Waals surface area contributed by atoms with Crippen LogP contribution in [0.2, 0.25) is 0 Å². The molecule has 0 aromatic heterocycles. The highest BCUT2D eigenvalue weighted by Gasteiger charge is 2.07. The molecule has 0 saturated heterocycles. The molecule has 0 bridgehead atoms. The minimum absolute atomic E-state index is 0.146. The van der Waals surface area contributed by atoms with Crippen molar-refractivity contribution in [1.82, 2.24) is 0 Å². The van der Waals surface area contributed by atoms with Crippen molar-refractivity contribution in [3.63, 3.8) is 0 Å². The number of rotatable bonds is 3. The number of nitrogens with two attached hydrogens (primary N) is 1. The Kier molecular flexibility index (Phi) is 3.37. The number of anilines is 1. The molecular formula is C10H13NOS. The van der Waals surface area contributed by atoms with Crippen LogP contribution in [0.3, 0.4) is 0 Å². The summed E-state index contributed by atoms with van der Waals surface area (Å²) in [4.78, 5) is 12.1. The first-order valence-corrected chi connectivity index (χ1v) is 5.28. The molecule has 0 spiro atoms. The van der Waals surface area contributed by atoms with Crippen LogP contribution >= 0.6 is 11.8 Å². The van der Waals surface area contributed by atoms with Gasteiger partial charge in [0, 0.05) is 17.0 Å². The van der Waals surface area contributed by atoms with Crippen molar-refractivity contribution in [2.24, 2.45) is 0 Å². The van der Waals surface area contributed by atoms with Crippen molar-refractivity contribution in [2.45, 2.75) is 18.2 Å². The molecule has 13 heavy (non-hydrogen) atoms. The zero-order valence-electron chi connectivity index (χ0n) is 7.83. The third kappa shape index (κ3) is 2.49. The molecule has 0 aliphatic heterocycles. The summed E-state index contributed by atoms with van der Waals surface area (Å²) >= 11 is 1.62. The van der Waals surface area contributed by atoms with Gasteiger partial charge in [0.15, 0.2) is 0 Å². The van der Waals surface area contributed by atoms with Crippen molar-refractivity contribution < 1.29 is 4.79 Å². The molecule has 1 rings (SSSR count). The molecule has 0 fully saturated rings. The number of nitrogen functional groups attached to an aromatic ring is 1. The van der Waals surface area contributed by atoms with Gasteiger partial charge < -0.3 is 5.73 Å². The number of carbonyl (C=O) groups excluding carboxylic acids is 1. The summed E-state index contributed by atoms with van der Waals surface area (Å²) < 4.78 is 0. The third-order valence-electron chi connectivity index (χ3n) is 1.81. The topological polar surface area (TPSA) is 43.1 Å². The van der Waals surface area contributed by atoms with Crippen LogP contribution in [-0.4, -0.2) is 12.0 Å². The summed E-state index contributed by atoms with van der Waals surface area (Å²) in [5, 5.41) is 0. The maximum atomic E-state index is 11.0. The van der Waals surface area contributed by atoms with Gasteiger partial charge in [0.05, 0.1) is 0 Å². The molecule has 1 aromatic rings. The molecule has 2 nitrogen and oxygen atoms in total. The van der Waals surface area contributed by atoms with Crippen LogP contribution in [0.25, 0.3) is 0 Å². The van der Waals surface area contributed by atoms with Crippen LogP contribution < -0.4 is 5.73 Å². The van der Waals surface area contributed by atoms with Crippen LogP contribution in [0.15, 0.2) is 23.1 Å². The fourth-order valence-corrected chi connectivity index (χ4v) is 1.86. The molecule has 0 unspecified atom stereocenters. The van der Waals surface area contributed by atoms with E-state index in [1.165, 1.54) is 0 Å². The molecule has 0 heterocycles. The van der Waals surface area contributed by atoms with E-state index in [9.17, 15) is 4.79 Å². The fraction of sp³-hybridized carbons (Fsp3) is 0.300. The maximum Gasteiger partial charge on any atom is 0.134 e. The van der Waals surface area contributed by atoms with Crippen molar-refractivity contribution in [3.05, 3.63) is 23.8 Å². The Bertz CT molecular complexity index is 323. The number of benzene rings is 1. The Hall–Kier alpha value is -0.960. The smallest absolute Gasteiger partial charge is 0.134 e. The second-order valence-corrected chi connectivity index (χ2v) is 3.75. The Balaban J connectivity index is 3.07. The van der Waals surface area contributed by atoms with Crippen LogP contribution in [0.5, 0.6) is 0 Å². The molecule has 0 aliphatic rings. The van der Waals surface area contributed by atoms with Gasteiger partial charge in [0.1, 0.15) is 5.78 Å². The lowest BCUT2D eigenvalue weighted by Gasteiger charge is -2.08. The molecule has 2 N–H and O–H groups in total. The van der Waals surface area contributed by atoms with Gasteiger partial charge in [0.2, 0.25) is 0 Å². The predicted octanol–water partition coefficient (Wildman–Crippen LogP) is 2.12. The second-order valence-electron chi connectivity index (χ2n) is 2.91. The SMILES string of the molecule is CSc1cccc(N)c1CC(C)=O. The van der Waals surface area contributed by atoms with E-state index in [0.29, 0.717) is 12.1 Å². The van der Waals surface area contributed by atoms with Gasteiger partial charge in [-0.15, -0.1) is 11.8 Å². The van der Waals surface area contributed by atoms with Crippen LogP contribution in [0.1, 0.15) is 12.5 Å². The summed E-state index contributed by atoms with van der Waals surface area (Å²) in [6, 6.07) is 5.72. The van der Waals surface area contributed by atoms with E-state index in [0.717, 1.165) is 10.5 Å². The molecule has 70 valence electrons. The second kappa shape index (κ2) is 4.33. The first-order chi connectivity index (χ1) is 6.15. The highest BCUT2D eigenvalue weighted by Crippen LogP contribution is 2.25. The number of hydrogen-bond acceptors (Lipinski definition) is 3. The van der Waals surface area contributed by atoms with Gasteiger partial charge in [-0.1, -0.05) is 6.07 Å². The largest absolute Gasteiger partial charge is 0.398 e. The Morgan fingerprint density at radius 2 is 2.23 bits per heavy atom. The average molecular weight is 195 g/mol. The summed E-state index contributed by atoms with van der Waals surface area (Å²) in [5.74, 6) is 0.146. The van der Waals surface area contributed by atoms with E-state index in [-0.39, 0.29) is 5.78 Å². The molecular weight excluding hydrogens is 182 g/mol. The first-order valence-electron chi connectivity index (χ1n) is 4.06. The average Bonchev–Trinajstić information content (AvgIpc) is 2.08. The number of hydrogen-bond donors (Lipinski definition) is 1. The molecule has 0 atom stereocenters. The highest BCUT2D eigenvalue weighted by atomic mass is 32.2. The Morgan fingerprint density at radius 3 is 2.77 bits per heavy atom. The molecule has 3 heteroatoms. The summed E-state index contributed by atoms with van der Waals surface area (Å²) in [6.07, 6.45) is 2.42. The van der Waals surface area contributed by atoms with Crippen molar-refractivity contribution in [1.29, 1.82) is 0 Å². The summed E-state index contributed by atoms with van der Waals surface area (Å²) in [6.45, 7) is 1.58. The quantitative estimate of drug-likeness (QED) is 0.593. The van der Waals surface area contributed by atoms with Gasteiger partial charge in [-0.05, 0) is 30.9 Å². The van der Waals surface area contributed by atoms with Crippen LogP contribution in [0, 0.1) is 0 Å². The van der Waals surface area contributed by atoms with E-state index in [4.69, 9.17) is 5.73 Å². The lowest BCUT2D eigenvalue weighted by molar-refractivity contribution is -0.116. The first kappa shape index (κ1) is 10.1. The molecule has 0 radical (unpaired) electrons. The van der Waals surface area contributed by atoms with Gasteiger partial charge in [-0.25, -0.2) is 0 Å². The maximum absolute atomic E-state index is 11.0.